The Bertz CT molecular complexity index is 270. The molecule has 1 fully saturated rings. The zero-order valence-electron chi connectivity index (χ0n) is 7.00. The van der Waals surface area contributed by atoms with Gasteiger partial charge in [0, 0.05) is 23.3 Å². The van der Waals surface area contributed by atoms with Gasteiger partial charge in [-0.25, -0.2) is 4.98 Å². The fourth-order valence-electron chi connectivity index (χ4n) is 1.39. The maximum Gasteiger partial charge on any atom is 0.128 e. The van der Waals surface area contributed by atoms with Crippen LogP contribution < -0.4 is 4.90 Å². The van der Waals surface area contributed by atoms with Crippen LogP contribution in [0.5, 0.6) is 0 Å². The van der Waals surface area contributed by atoms with Crippen LogP contribution in [0.15, 0.2) is 22.8 Å². The number of anilines is 1. The van der Waals surface area contributed by atoms with Gasteiger partial charge in [0.25, 0.3) is 0 Å². The van der Waals surface area contributed by atoms with E-state index >= 15 is 0 Å². The molecule has 0 bridgehead atoms. The Balaban J connectivity index is 2.18. The summed E-state index contributed by atoms with van der Waals surface area (Å²) in [7, 11) is 0. The van der Waals surface area contributed by atoms with E-state index in [9.17, 15) is 0 Å². The average Bonchev–Trinajstić information content (AvgIpc) is 2.06. The lowest BCUT2D eigenvalue weighted by molar-refractivity contribution is 0.476. The van der Waals surface area contributed by atoms with Crippen LogP contribution in [0.4, 0.5) is 5.82 Å². The molecule has 0 N–H and O–H groups in total. The van der Waals surface area contributed by atoms with Gasteiger partial charge < -0.3 is 4.90 Å². The van der Waals surface area contributed by atoms with Gasteiger partial charge in [-0.2, -0.15) is 0 Å². The van der Waals surface area contributed by atoms with E-state index in [2.05, 4.69) is 38.8 Å². The van der Waals surface area contributed by atoms with Gasteiger partial charge in [-0.15, -0.1) is 0 Å². The van der Waals surface area contributed by atoms with Gasteiger partial charge >= 0.3 is 0 Å². The molecule has 2 nitrogen and oxygen atoms in total. The number of halogens is 1. The molecule has 0 aromatic carbocycles. The van der Waals surface area contributed by atoms with E-state index in [1.54, 1.807) is 0 Å². The first-order valence-corrected chi connectivity index (χ1v) is 4.95. The third-order valence-electron chi connectivity index (χ3n) is 2.33. The van der Waals surface area contributed by atoms with E-state index in [-0.39, 0.29) is 0 Å². The van der Waals surface area contributed by atoms with Crippen molar-refractivity contribution in [2.75, 3.05) is 11.4 Å². The zero-order valence-corrected chi connectivity index (χ0v) is 8.58. The number of rotatable bonds is 1. The molecule has 0 aliphatic carbocycles. The number of nitrogens with zero attached hydrogens (tertiary/aromatic N) is 2. The molecule has 0 amide bonds. The van der Waals surface area contributed by atoms with Gasteiger partial charge in [-0.1, -0.05) is 0 Å². The van der Waals surface area contributed by atoms with Crippen molar-refractivity contribution >= 4 is 21.7 Å². The van der Waals surface area contributed by atoms with E-state index in [4.69, 9.17) is 0 Å². The largest absolute Gasteiger partial charge is 0.354 e. The molecule has 1 aliphatic heterocycles. The van der Waals surface area contributed by atoms with Crippen molar-refractivity contribution in [3.8, 4) is 0 Å². The summed E-state index contributed by atoms with van der Waals surface area (Å²) in [6.07, 6.45) is 3.14. The van der Waals surface area contributed by atoms with E-state index in [0.717, 1.165) is 16.8 Å². The van der Waals surface area contributed by atoms with Crippen molar-refractivity contribution < 1.29 is 0 Å². The molecule has 2 heterocycles. The number of hydrogen-bond donors (Lipinski definition) is 0. The molecule has 3 heteroatoms. The third-order valence-corrected chi connectivity index (χ3v) is 2.79. The standard InChI is InChI=1S/C9H11BrN2/c1-7-4-5-12(7)9-3-2-8(10)6-11-9/h2-3,6-7H,4-5H2,1H3. The van der Waals surface area contributed by atoms with Crippen LogP contribution in [0.25, 0.3) is 0 Å². The topological polar surface area (TPSA) is 16.1 Å². The van der Waals surface area contributed by atoms with Crippen molar-refractivity contribution in [1.29, 1.82) is 0 Å². The van der Waals surface area contributed by atoms with Crippen LogP contribution >= 0.6 is 15.9 Å². The molecule has 12 heavy (non-hydrogen) atoms. The minimum atomic E-state index is 0.665. The van der Waals surface area contributed by atoms with E-state index in [0.29, 0.717) is 6.04 Å². The second-order valence-corrected chi connectivity index (χ2v) is 4.08. The van der Waals surface area contributed by atoms with Crippen molar-refractivity contribution in [3.63, 3.8) is 0 Å². The van der Waals surface area contributed by atoms with Crippen molar-refractivity contribution in [2.45, 2.75) is 19.4 Å². The summed E-state index contributed by atoms with van der Waals surface area (Å²) in [5.41, 5.74) is 0. The van der Waals surface area contributed by atoms with E-state index < -0.39 is 0 Å². The van der Waals surface area contributed by atoms with Gasteiger partial charge in [-0.05, 0) is 41.4 Å². The smallest absolute Gasteiger partial charge is 0.128 e. The maximum atomic E-state index is 4.33. The van der Waals surface area contributed by atoms with Crippen molar-refractivity contribution in [2.24, 2.45) is 0 Å². The Hall–Kier alpha value is -0.570. The number of hydrogen-bond acceptors (Lipinski definition) is 2. The number of aromatic nitrogens is 1. The monoisotopic (exact) mass is 226 g/mol. The Morgan fingerprint density at radius 2 is 2.42 bits per heavy atom. The SMILES string of the molecule is CC1CCN1c1ccc(Br)cn1. The minimum absolute atomic E-state index is 0.665. The van der Waals surface area contributed by atoms with Crippen LogP contribution in [0.2, 0.25) is 0 Å². The van der Waals surface area contributed by atoms with Gasteiger partial charge in [0.1, 0.15) is 5.82 Å². The fourth-order valence-corrected chi connectivity index (χ4v) is 1.63. The van der Waals surface area contributed by atoms with Crippen LogP contribution in [0.1, 0.15) is 13.3 Å². The lowest BCUT2D eigenvalue weighted by Gasteiger charge is -2.39. The lowest BCUT2D eigenvalue weighted by Crippen LogP contribution is -2.46. The molecule has 0 radical (unpaired) electrons. The first kappa shape index (κ1) is 8.05. The number of pyridine rings is 1. The second kappa shape index (κ2) is 3.05. The molecule has 1 atom stereocenters. The predicted octanol–water partition coefficient (Wildman–Crippen LogP) is 2.44. The van der Waals surface area contributed by atoms with Crippen LogP contribution in [-0.4, -0.2) is 17.6 Å². The summed E-state index contributed by atoms with van der Waals surface area (Å²) in [6, 6.07) is 4.76. The summed E-state index contributed by atoms with van der Waals surface area (Å²) in [4.78, 5) is 6.64. The Morgan fingerprint density at radius 3 is 2.83 bits per heavy atom. The molecule has 1 aliphatic rings. The molecule has 1 aromatic rings. The first-order chi connectivity index (χ1) is 5.77. The molecular weight excluding hydrogens is 216 g/mol. The Kier molecular flexibility index (Phi) is 2.05. The molecule has 1 unspecified atom stereocenters. The summed E-state index contributed by atoms with van der Waals surface area (Å²) >= 11 is 3.37. The van der Waals surface area contributed by atoms with Gasteiger partial charge in [-0.3, -0.25) is 0 Å². The highest BCUT2D eigenvalue weighted by Gasteiger charge is 2.24. The molecule has 1 saturated heterocycles. The van der Waals surface area contributed by atoms with Crippen LogP contribution in [0.3, 0.4) is 0 Å². The van der Waals surface area contributed by atoms with Crippen molar-refractivity contribution in [1.82, 2.24) is 4.98 Å². The van der Waals surface area contributed by atoms with E-state index in [1.807, 2.05) is 12.3 Å². The van der Waals surface area contributed by atoms with Gasteiger partial charge in [0.15, 0.2) is 0 Å². The molecular formula is C9H11BrN2. The maximum absolute atomic E-state index is 4.33. The quantitative estimate of drug-likeness (QED) is 0.732. The Morgan fingerprint density at radius 1 is 1.58 bits per heavy atom. The zero-order chi connectivity index (χ0) is 8.55. The highest BCUT2D eigenvalue weighted by atomic mass is 79.9. The normalized spacial score (nSPS) is 22.2. The lowest BCUT2D eigenvalue weighted by atomic mass is 10.1. The minimum Gasteiger partial charge on any atom is -0.354 e. The predicted molar refractivity (Wildman–Crippen MR) is 53.4 cm³/mol. The van der Waals surface area contributed by atoms with Gasteiger partial charge in [0.05, 0.1) is 0 Å². The van der Waals surface area contributed by atoms with Gasteiger partial charge in [0.2, 0.25) is 0 Å². The molecule has 0 spiro atoms. The third kappa shape index (κ3) is 1.33. The summed E-state index contributed by atoms with van der Waals surface area (Å²) in [6.45, 7) is 3.38. The van der Waals surface area contributed by atoms with Crippen LogP contribution in [-0.2, 0) is 0 Å². The summed E-state index contributed by atoms with van der Waals surface area (Å²) in [5.74, 6) is 1.09. The second-order valence-electron chi connectivity index (χ2n) is 3.17. The fraction of sp³-hybridized carbons (Fsp3) is 0.444. The molecule has 2 rings (SSSR count). The first-order valence-electron chi connectivity index (χ1n) is 4.15. The Labute approximate surface area is 80.7 Å². The highest BCUT2D eigenvalue weighted by Crippen LogP contribution is 2.24. The molecule has 0 saturated carbocycles. The average molecular weight is 227 g/mol. The molecule has 64 valence electrons. The molecule has 1 aromatic heterocycles. The van der Waals surface area contributed by atoms with Crippen LogP contribution in [0, 0.1) is 0 Å². The summed E-state index contributed by atoms with van der Waals surface area (Å²) < 4.78 is 1.04. The summed E-state index contributed by atoms with van der Waals surface area (Å²) in [5, 5.41) is 0. The highest BCUT2D eigenvalue weighted by molar-refractivity contribution is 9.10. The van der Waals surface area contributed by atoms with Crippen molar-refractivity contribution in [3.05, 3.63) is 22.8 Å². The van der Waals surface area contributed by atoms with E-state index in [1.165, 1.54) is 6.42 Å².